The van der Waals surface area contributed by atoms with Gasteiger partial charge in [0, 0.05) is 48.0 Å². The lowest BCUT2D eigenvalue weighted by Gasteiger charge is -2.32. The molecule has 3 aromatic rings. The Morgan fingerprint density at radius 1 is 1.03 bits per heavy atom. The SMILES string of the molecule is Cl.N=C(N)N1CCC(Cn2cc(C3=C(Nc4ccccc4)C(=O)NC3=O)c3ccccc32)CC1. The van der Waals surface area contributed by atoms with Crippen LogP contribution in [0.15, 0.2) is 66.5 Å². The summed E-state index contributed by atoms with van der Waals surface area (Å²) in [6.45, 7) is 2.36. The molecule has 5 rings (SSSR count). The van der Waals surface area contributed by atoms with E-state index in [1.54, 1.807) is 0 Å². The van der Waals surface area contributed by atoms with Crippen LogP contribution in [0.5, 0.6) is 0 Å². The number of likely N-dealkylation sites (tertiary alicyclic amines) is 1. The second-order valence-electron chi connectivity index (χ2n) is 8.55. The minimum atomic E-state index is -0.424. The maximum Gasteiger partial charge on any atom is 0.275 e. The number of imide groups is 1. The fourth-order valence-corrected chi connectivity index (χ4v) is 4.73. The summed E-state index contributed by atoms with van der Waals surface area (Å²) in [5.41, 5.74) is 8.78. The van der Waals surface area contributed by atoms with Crippen LogP contribution in [0.25, 0.3) is 16.5 Å². The lowest BCUT2D eigenvalue weighted by Crippen LogP contribution is -2.42. The average Bonchev–Trinajstić information content (AvgIpc) is 3.31. The molecule has 34 heavy (non-hydrogen) atoms. The number of rotatable bonds is 5. The number of carbonyl (C=O) groups is 2. The number of aromatic nitrogens is 1. The molecule has 2 aliphatic rings. The number of nitrogens with zero attached hydrogens (tertiary/aromatic N) is 2. The number of para-hydroxylation sites is 2. The van der Waals surface area contributed by atoms with Crippen molar-refractivity contribution in [3.8, 4) is 0 Å². The summed E-state index contributed by atoms with van der Waals surface area (Å²) in [6.07, 6.45) is 3.88. The second-order valence-corrected chi connectivity index (χ2v) is 8.55. The maximum atomic E-state index is 12.9. The minimum Gasteiger partial charge on any atom is -0.370 e. The van der Waals surface area contributed by atoms with Gasteiger partial charge in [0.15, 0.2) is 5.96 Å². The lowest BCUT2D eigenvalue weighted by molar-refractivity contribution is -0.123. The highest BCUT2D eigenvalue weighted by atomic mass is 35.5. The molecular weight excluding hydrogens is 452 g/mol. The van der Waals surface area contributed by atoms with Crippen LogP contribution in [-0.2, 0) is 16.1 Å². The first-order valence-electron chi connectivity index (χ1n) is 11.1. The molecule has 1 fully saturated rings. The van der Waals surface area contributed by atoms with Crippen LogP contribution in [0.4, 0.5) is 5.69 Å². The van der Waals surface area contributed by atoms with Gasteiger partial charge < -0.3 is 20.5 Å². The van der Waals surface area contributed by atoms with E-state index in [4.69, 9.17) is 11.1 Å². The predicted molar refractivity (Wildman–Crippen MR) is 136 cm³/mol. The zero-order valence-corrected chi connectivity index (χ0v) is 19.4. The van der Waals surface area contributed by atoms with Crippen molar-refractivity contribution in [1.82, 2.24) is 14.8 Å². The number of fused-ring (bicyclic) bond motifs is 1. The molecule has 0 spiro atoms. The molecule has 3 heterocycles. The van der Waals surface area contributed by atoms with Crippen LogP contribution in [-0.4, -0.2) is 40.3 Å². The van der Waals surface area contributed by atoms with Gasteiger partial charge in [-0.25, -0.2) is 0 Å². The zero-order chi connectivity index (χ0) is 22.9. The Bertz CT molecular complexity index is 1280. The van der Waals surface area contributed by atoms with E-state index in [2.05, 4.69) is 15.2 Å². The Hall–Kier alpha value is -3.78. The highest BCUT2D eigenvalue weighted by Crippen LogP contribution is 2.33. The van der Waals surface area contributed by atoms with Crippen molar-refractivity contribution in [2.75, 3.05) is 18.4 Å². The van der Waals surface area contributed by atoms with E-state index in [1.165, 1.54) is 0 Å². The number of amides is 2. The Kier molecular flexibility index (Phi) is 6.61. The zero-order valence-electron chi connectivity index (χ0n) is 18.6. The van der Waals surface area contributed by atoms with Crippen LogP contribution in [0.2, 0.25) is 0 Å². The van der Waals surface area contributed by atoms with Crippen molar-refractivity contribution in [2.24, 2.45) is 11.7 Å². The third kappa shape index (κ3) is 4.36. The monoisotopic (exact) mass is 478 g/mol. The van der Waals surface area contributed by atoms with Crippen LogP contribution in [0.1, 0.15) is 18.4 Å². The first-order valence-corrected chi connectivity index (χ1v) is 11.1. The van der Waals surface area contributed by atoms with Gasteiger partial charge in [0.05, 0.1) is 5.57 Å². The molecule has 1 aromatic heterocycles. The van der Waals surface area contributed by atoms with Gasteiger partial charge in [-0.3, -0.25) is 20.3 Å². The molecule has 2 amide bonds. The molecule has 176 valence electrons. The Balaban J connectivity index is 0.00000274. The summed E-state index contributed by atoms with van der Waals surface area (Å²) in [5, 5.41) is 14.2. The van der Waals surface area contributed by atoms with Crippen molar-refractivity contribution in [2.45, 2.75) is 19.4 Å². The standard InChI is InChI=1S/C25H26N6O2.ClH/c26-25(27)30-12-10-16(11-13-30)14-31-15-19(18-8-4-5-9-20(18)31)21-22(24(33)29-23(21)32)28-17-6-2-1-3-7-17;/h1-9,15-16H,10-14H2,(H3,26,27)(H2,28,29,32,33);1H. The van der Waals surface area contributed by atoms with Crippen LogP contribution in [0, 0.1) is 11.3 Å². The number of anilines is 1. The van der Waals surface area contributed by atoms with E-state index in [9.17, 15) is 9.59 Å². The largest absolute Gasteiger partial charge is 0.370 e. The van der Waals surface area contributed by atoms with Crippen LogP contribution in [0.3, 0.4) is 0 Å². The lowest BCUT2D eigenvalue weighted by atomic mass is 9.97. The number of hydrogen-bond acceptors (Lipinski definition) is 4. The summed E-state index contributed by atoms with van der Waals surface area (Å²) in [5.74, 6) is -0.243. The van der Waals surface area contributed by atoms with Crippen molar-refractivity contribution < 1.29 is 9.59 Å². The maximum absolute atomic E-state index is 12.9. The number of carbonyl (C=O) groups excluding carboxylic acids is 2. The minimum absolute atomic E-state index is 0. The molecule has 2 aromatic carbocycles. The van der Waals surface area contributed by atoms with Crippen molar-refractivity contribution >= 4 is 52.3 Å². The molecule has 0 unspecified atom stereocenters. The van der Waals surface area contributed by atoms with E-state index in [-0.39, 0.29) is 24.1 Å². The summed E-state index contributed by atoms with van der Waals surface area (Å²) >= 11 is 0. The number of nitrogens with one attached hydrogen (secondary N) is 3. The number of guanidine groups is 1. The first kappa shape index (κ1) is 23.4. The Morgan fingerprint density at radius 3 is 2.41 bits per heavy atom. The number of hydrogen-bond donors (Lipinski definition) is 4. The van der Waals surface area contributed by atoms with E-state index in [0.29, 0.717) is 11.5 Å². The molecule has 9 heteroatoms. The number of piperidine rings is 1. The van der Waals surface area contributed by atoms with Gasteiger partial charge in [-0.05, 0) is 37.0 Å². The summed E-state index contributed by atoms with van der Waals surface area (Å²) in [4.78, 5) is 27.4. The normalized spacial score (nSPS) is 16.5. The molecule has 0 aliphatic carbocycles. The molecule has 0 atom stereocenters. The van der Waals surface area contributed by atoms with E-state index < -0.39 is 11.8 Å². The van der Waals surface area contributed by atoms with E-state index >= 15 is 0 Å². The molecule has 5 N–H and O–H groups in total. The van der Waals surface area contributed by atoms with Crippen molar-refractivity contribution in [3.63, 3.8) is 0 Å². The summed E-state index contributed by atoms with van der Waals surface area (Å²) < 4.78 is 2.18. The molecular formula is C25H27ClN6O2. The Labute approximate surface area is 203 Å². The van der Waals surface area contributed by atoms with E-state index in [1.807, 2.05) is 65.7 Å². The van der Waals surface area contributed by atoms with Crippen LogP contribution >= 0.6 is 12.4 Å². The van der Waals surface area contributed by atoms with Gasteiger partial charge in [-0.1, -0.05) is 36.4 Å². The van der Waals surface area contributed by atoms with Crippen LogP contribution < -0.4 is 16.4 Å². The predicted octanol–water partition coefficient (Wildman–Crippen LogP) is 3.15. The summed E-state index contributed by atoms with van der Waals surface area (Å²) in [6, 6.07) is 17.3. The fourth-order valence-electron chi connectivity index (χ4n) is 4.73. The third-order valence-electron chi connectivity index (χ3n) is 6.44. The fraction of sp³-hybridized carbons (Fsp3) is 0.240. The topological polar surface area (TPSA) is 116 Å². The molecule has 8 nitrogen and oxygen atoms in total. The van der Waals surface area contributed by atoms with Gasteiger partial charge >= 0.3 is 0 Å². The van der Waals surface area contributed by atoms with Gasteiger partial charge in [-0.15, -0.1) is 12.4 Å². The molecule has 0 bridgehead atoms. The second kappa shape index (κ2) is 9.61. The Morgan fingerprint density at radius 2 is 1.71 bits per heavy atom. The smallest absolute Gasteiger partial charge is 0.275 e. The molecule has 0 saturated carbocycles. The highest BCUT2D eigenvalue weighted by Gasteiger charge is 2.33. The number of benzene rings is 2. The quantitative estimate of drug-likeness (QED) is 0.255. The molecule has 0 radical (unpaired) electrons. The van der Waals surface area contributed by atoms with Gasteiger partial charge in [-0.2, -0.15) is 0 Å². The highest BCUT2D eigenvalue weighted by molar-refractivity contribution is 6.38. The molecule has 1 saturated heterocycles. The third-order valence-corrected chi connectivity index (χ3v) is 6.44. The molecule has 2 aliphatic heterocycles. The van der Waals surface area contributed by atoms with Crippen molar-refractivity contribution in [1.29, 1.82) is 5.41 Å². The average molecular weight is 479 g/mol. The number of nitrogens with two attached hydrogens (primary N) is 1. The number of halogens is 1. The summed E-state index contributed by atoms with van der Waals surface area (Å²) in [7, 11) is 0. The van der Waals surface area contributed by atoms with Crippen molar-refractivity contribution in [3.05, 3.63) is 72.1 Å². The van der Waals surface area contributed by atoms with Gasteiger partial charge in [0.2, 0.25) is 0 Å². The first-order chi connectivity index (χ1) is 16.0. The van der Waals surface area contributed by atoms with Gasteiger partial charge in [0.1, 0.15) is 5.70 Å². The van der Waals surface area contributed by atoms with E-state index in [0.717, 1.165) is 54.6 Å². The van der Waals surface area contributed by atoms with Gasteiger partial charge in [0.25, 0.3) is 11.8 Å².